The predicted octanol–water partition coefficient (Wildman–Crippen LogP) is 3.13. The van der Waals surface area contributed by atoms with Gasteiger partial charge in [0.15, 0.2) is 0 Å². The highest BCUT2D eigenvalue weighted by molar-refractivity contribution is 6.07. The number of rotatable bonds is 3. The van der Waals surface area contributed by atoms with E-state index in [9.17, 15) is 14.4 Å². The van der Waals surface area contributed by atoms with Crippen molar-refractivity contribution < 1.29 is 9.59 Å². The molecule has 2 heterocycles. The summed E-state index contributed by atoms with van der Waals surface area (Å²) in [7, 11) is 0. The highest BCUT2D eigenvalue weighted by Gasteiger charge is 2.24. The number of hydrogen-bond donors (Lipinski definition) is 2. The van der Waals surface area contributed by atoms with Gasteiger partial charge in [0.2, 0.25) is 0 Å². The summed E-state index contributed by atoms with van der Waals surface area (Å²) >= 11 is 0. The summed E-state index contributed by atoms with van der Waals surface area (Å²) in [6.45, 7) is 2.12. The molecule has 1 aliphatic carbocycles. The monoisotopic (exact) mass is 399 g/mol. The molecular formula is C24H21N3O3. The minimum atomic E-state index is -0.466. The number of carbonyl (C=O) groups is 2. The molecule has 30 heavy (non-hydrogen) atoms. The van der Waals surface area contributed by atoms with Gasteiger partial charge in [-0.15, -0.1) is 0 Å². The molecule has 5 rings (SSSR count). The third-order valence-corrected chi connectivity index (χ3v) is 6.00. The Kier molecular flexibility index (Phi) is 4.28. The SMILES string of the molecule is Cc1ccn(-c2cccc3c2CCC3)c(=O)c1C(=O)Nc1cccc2c1CNC2=O. The summed E-state index contributed by atoms with van der Waals surface area (Å²) < 4.78 is 1.58. The average molecular weight is 399 g/mol. The van der Waals surface area contributed by atoms with Crippen molar-refractivity contribution in [3.05, 3.63) is 92.4 Å². The Morgan fingerprint density at radius 3 is 2.73 bits per heavy atom. The lowest BCUT2D eigenvalue weighted by Crippen LogP contribution is -2.30. The number of nitrogens with zero attached hydrogens (tertiary/aromatic N) is 1. The molecule has 0 saturated carbocycles. The zero-order valence-corrected chi connectivity index (χ0v) is 16.6. The Hall–Kier alpha value is -3.67. The molecule has 0 unspecified atom stereocenters. The van der Waals surface area contributed by atoms with Crippen LogP contribution in [0.2, 0.25) is 0 Å². The molecule has 2 aliphatic rings. The molecule has 0 spiro atoms. The van der Waals surface area contributed by atoms with Crippen LogP contribution in [0.1, 0.15) is 49.4 Å². The Bertz CT molecular complexity index is 1270. The van der Waals surface area contributed by atoms with E-state index in [0.717, 1.165) is 30.5 Å². The Morgan fingerprint density at radius 1 is 1.03 bits per heavy atom. The van der Waals surface area contributed by atoms with Crippen LogP contribution >= 0.6 is 0 Å². The zero-order valence-electron chi connectivity index (χ0n) is 16.6. The number of aryl methyl sites for hydroxylation is 2. The largest absolute Gasteiger partial charge is 0.348 e. The molecular weight excluding hydrogens is 378 g/mol. The molecule has 0 radical (unpaired) electrons. The summed E-state index contributed by atoms with van der Waals surface area (Å²) in [6.07, 6.45) is 4.77. The quantitative estimate of drug-likeness (QED) is 0.710. The predicted molar refractivity (Wildman–Crippen MR) is 114 cm³/mol. The van der Waals surface area contributed by atoms with E-state index in [0.29, 0.717) is 23.4 Å². The van der Waals surface area contributed by atoms with Crippen molar-refractivity contribution in [2.75, 3.05) is 5.32 Å². The fourth-order valence-electron chi connectivity index (χ4n) is 4.47. The summed E-state index contributed by atoms with van der Waals surface area (Å²) in [6, 6.07) is 13.0. The van der Waals surface area contributed by atoms with E-state index in [1.165, 1.54) is 11.1 Å². The molecule has 1 aliphatic heterocycles. The van der Waals surface area contributed by atoms with Crippen LogP contribution in [0.5, 0.6) is 0 Å². The summed E-state index contributed by atoms with van der Waals surface area (Å²) in [5.74, 6) is -0.621. The van der Waals surface area contributed by atoms with Gasteiger partial charge in [0.1, 0.15) is 5.56 Å². The van der Waals surface area contributed by atoms with E-state index in [1.807, 2.05) is 12.1 Å². The van der Waals surface area contributed by atoms with E-state index < -0.39 is 5.91 Å². The van der Waals surface area contributed by atoms with Gasteiger partial charge in [-0.1, -0.05) is 18.2 Å². The van der Waals surface area contributed by atoms with Crippen LogP contribution in [-0.2, 0) is 19.4 Å². The van der Waals surface area contributed by atoms with Gasteiger partial charge in [-0.05, 0) is 67.1 Å². The lowest BCUT2D eigenvalue weighted by Gasteiger charge is -2.15. The number of anilines is 1. The maximum Gasteiger partial charge on any atom is 0.268 e. The van der Waals surface area contributed by atoms with E-state index >= 15 is 0 Å². The molecule has 6 nitrogen and oxygen atoms in total. The van der Waals surface area contributed by atoms with E-state index in [-0.39, 0.29) is 17.0 Å². The Balaban J connectivity index is 1.56. The molecule has 2 N–H and O–H groups in total. The van der Waals surface area contributed by atoms with Gasteiger partial charge in [0, 0.05) is 29.6 Å². The molecule has 3 aromatic rings. The molecule has 6 heteroatoms. The van der Waals surface area contributed by atoms with Gasteiger partial charge in [-0.3, -0.25) is 19.0 Å². The minimum absolute atomic E-state index is 0.114. The van der Waals surface area contributed by atoms with Crippen LogP contribution in [-0.4, -0.2) is 16.4 Å². The van der Waals surface area contributed by atoms with Crippen molar-refractivity contribution in [1.82, 2.24) is 9.88 Å². The van der Waals surface area contributed by atoms with E-state index in [2.05, 4.69) is 16.7 Å². The first-order chi connectivity index (χ1) is 14.5. The van der Waals surface area contributed by atoms with Crippen molar-refractivity contribution in [1.29, 1.82) is 0 Å². The second-order valence-corrected chi connectivity index (χ2v) is 7.79. The standard InChI is InChI=1S/C24H21N3O3/c1-14-11-12-27(20-10-3-6-15-5-2-7-16(15)20)24(30)21(14)23(29)26-19-9-4-8-17-18(19)13-25-22(17)28/h3-4,6,8-12H,2,5,7,13H2,1H3,(H,25,28)(H,26,29). The van der Waals surface area contributed by atoms with Crippen LogP contribution in [0.4, 0.5) is 5.69 Å². The normalized spacial score (nSPS) is 14.2. The fraction of sp³-hybridized carbons (Fsp3) is 0.208. The number of aromatic nitrogens is 1. The van der Waals surface area contributed by atoms with Crippen LogP contribution in [0.25, 0.3) is 5.69 Å². The summed E-state index contributed by atoms with van der Waals surface area (Å²) in [5, 5.41) is 5.61. The number of nitrogens with one attached hydrogen (secondary N) is 2. The third-order valence-electron chi connectivity index (χ3n) is 6.00. The van der Waals surface area contributed by atoms with Crippen LogP contribution in [0, 0.1) is 6.92 Å². The molecule has 2 amide bonds. The first-order valence-electron chi connectivity index (χ1n) is 10.1. The topological polar surface area (TPSA) is 80.2 Å². The highest BCUT2D eigenvalue weighted by atomic mass is 16.2. The Morgan fingerprint density at radius 2 is 1.87 bits per heavy atom. The van der Waals surface area contributed by atoms with Gasteiger partial charge >= 0.3 is 0 Å². The molecule has 0 bridgehead atoms. The first kappa shape index (κ1) is 18.4. The molecule has 1 aromatic heterocycles. The number of fused-ring (bicyclic) bond motifs is 2. The average Bonchev–Trinajstić information content (AvgIpc) is 3.36. The first-order valence-corrected chi connectivity index (χ1v) is 10.1. The van der Waals surface area contributed by atoms with Gasteiger partial charge < -0.3 is 10.6 Å². The van der Waals surface area contributed by atoms with Crippen LogP contribution in [0.15, 0.2) is 53.5 Å². The molecule has 150 valence electrons. The maximum absolute atomic E-state index is 13.3. The second kappa shape index (κ2) is 6.99. The second-order valence-electron chi connectivity index (χ2n) is 7.79. The molecule has 2 aromatic carbocycles. The smallest absolute Gasteiger partial charge is 0.268 e. The highest BCUT2D eigenvalue weighted by Crippen LogP contribution is 2.28. The lowest BCUT2D eigenvalue weighted by atomic mass is 10.1. The van der Waals surface area contributed by atoms with Crippen LogP contribution < -0.4 is 16.2 Å². The number of carbonyl (C=O) groups excluding carboxylic acids is 2. The van der Waals surface area contributed by atoms with E-state index in [1.54, 1.807) is 42.0 Å². The summed E-state index contributed by atoms with van der Waals surface area (Å²) in [4.78, 5) is 38.4. The van der Waals surface area contributed by atoms with Crippen molar-refractivity contribution in [3.8, 4) is 5.69 Å². The third kappa shape index (κ3) is 2.84. The number of amides is 2. The van der Waals surface area contributed by atoms with Gasteiger partial charge in [0.05, 0.1) is 5.69 Å². The zero-order chi connectivity index (χ0) is 20.8. The molecule has 0 fully saturated rings. The number of hydrogen-bond acceptors (Lipinski definition) is 3. The van der Waals surface area contributed by atoms with Crippen molar-refractivity contribution in [2.45, 2.75) is 32.7 Å². The maximum atomic E-state index is 13.3. The molecule has 0 saturated heterocycles. The van der Waals surface area contributed by atoms with Crippen LogP contribution in [0.3, 0.4) is 0 Å². The molecule has 0 atom stereocenters. The Labute approximate surface area is 173 Å². The number of pyridine rings is 1. The van der Waals surface area contributed by atoms with Gasteiger partial charge in [-0.2, -0.15) is 0 Å². The van der Waals surface area contributed by atoms with Crippen molar-refractivity contribution in [3.63, 3.8) is 0 Å². The van der Waals surface area contributed by atoms with Crippen molar-refractivity contribution >= 4 is 17.5 Å². The van der Waals surface area contributed by atoms with E-state index in [4.69, 9.17) is 0 Å². The van der Waals surface area contributed by atoms with Gasteiger partial charge in [0.25, 0.3) is 17.4 Å². The minimum Gasteiger partial charge on any atom is -0.348 e. The fourth-order valence-corrected chi connectivity index (χ4v) is 4.47. The number of benzene rings is 2. The van der Waals surface area contributed by atoms with Crippen molar-refractivity contribution in [2.24, 2.45) is 0 Å². The van der Waals surface area contributed by atoms with Gasteiger partial charge in [-0.25, -0.2) is 0 Å². The lowest BCUT2D eigenvalue weighted by molar-refractivity contribution is 0.0964. The summed E-state index contributed by atoms with van der Waals surface area (Å²) in [5.41, 5.74) is 5.52.